The van der Waals surface area contributed by atoms with Gasteiger partial charge in [-0.1, -0.05) is 24.4 Å². The Balaban J connectivity index is 2.14. The highest BCUT2D eigenvalue weighted by Gasteiger charge is 2.24. The van der Waals surface area contributed by atoms with Crippen molar-refractivity contribution in [3.8, 4) is 0 Å². The molecule has 72 valence electrons. The number of halogens is 1. The third-order valence-corrected chi connectivity index (χ3v) is 2.80. The molecule has 2 rings (SSSR count). The summed E-state index contributed by atoms with van der Waals surface area (Å²) in [6, 6.07) is 0.126. The maximum Gasteiger partial charge on any atom is 0.0785 e. The van der Waals surface area contributed by atoms with Gasteiger partial charge in [-0.05, 0) is 12.8 Å². The van der Waals surface area contributed by atoms with E-state index in [1.165, 1.54) is 6.42 Å². The maximum atomic E-state index is 9.73. The Morgan fingerprint density at radius 1 is 1.46 bits per heavy atom. The molecule has 1 aliphatic carbocycles. The number of nitrogens with zero attached hydrogens (tertiary/aromatic N) is 2. The van der Waals surface area contributed by atoms with E-state index in [0.29, 0.717) is 5.02 Å². The third-order valence-electron chi connectivity index (χ3n) is 2.60. The lowest BCUT2D eigenvalue weighted by molar-refractivity contribution is 0.0694. The second-order valence-electron chi connectivity index (χ2n) is 3.56. The zero-order chi connectivity index (χ0) is 9.26. The van der Waals surface area contributed by atoms with E-state index in [2.05, 4.69) is 5.10 Å². The molecule has 0 bridgehead atoms. The highest BCUT2D eigenvalue weighted by molar-refractivity contribution is 6.30. The van der Waals surface area contributed by atoms with Crippen LogP contribution in [-0.2, 0) is 0 Å². The van der Waals surface area contributed by atoms with Gasteiger partial charge in [0.15, 0.2) is 0 Å². The summed E-state index contributed by atoms with van der Waals surface area (Å²) in [6.45, 7) is 0. The smallest absolute Gasteiger partial charge is 0.0785 e. The topological polar surface area (TPSA) is 38.0 Å². The zero-order valence-electron chi connectivity index (χ0n) is 7.36. The first-order chi connectivity index (χ1) is 6.27. The van der Waals surface area contributed by atoms with Gasteiger partial charge >= 0.3 is 0 Å². The summed E-state index contributed by atoms with van der Waals surface area (Å²) < 4.78 is 1.78. The number of hydrogen-bond acceptors (Lipinski definition) is 2. The Labute approximate surface area is 82.3 Å². The fraction of sp³-hybridized carbons (Fsp3) is 0.667. The predicted octanol–water partition coefficient (Wildman–Crippen LogP) is 2.01. The van der Waals surface area contributed by atoms with Crippen molar-refractivity contribution in [1.29, 1.82) is 0 Å². The van der Waals surface area contributed by atoms with Crippen molar-refractivity contribution >= 4 is 11.6 Å². The van der Waals surface area contributed by atoms with Crippen LogP contribution in [0.4, 0.5) is 0 Å². The van der Waals surface area contributed by atoms with E-state index in [4.69, 9.17) is 11.6 Å². The van der Waals surface area contributed by atoms with E-state index >= 15 is 0 Å². The number of aromatic nitrogens is 2. The van der Waals surface area contributed by atoms with Crippen LogP contribution in [0, 0.1) is 0 Å². The van der Waals surface area contributed by atoms with Crippen molar-refractivity contribution in [3.63, 3.8) is 0 Å². The van der Waals surface area contributed by atoms with Crippen molar-refractivity contribution in [1.82, 2.24) is 9.78 Å². The van der Waals surface area contributed by atoms with E-state index < -0.39 is 0 Å². The average molecular weight is 201 g/mol. The first-order valence-electron chi connectivity index (χ1n) is 4.65. The van der Waals surface area contributed by atoms with Gasteiger partial charge in [0, 0.05) is 6.20 Å². The summed E-state index contributed by atoms with van der Waals surface area (Å²) in [5, 5.41) is 14.5. The minimum Gasteiger partial charge on any atom is -0.391 e. The average Bonchev–Trinajstić information content (AvgIpc) is 2.53. The molecule has 3 nitrogen and oxygen atoms in total. The van der Waals surface area contributed by atoms with E-state index in [-0.39, 0.29) is 12.1 Å². The Morgan fingerprint density at radius 3 is 2.85 bits per heavy atom. The lowest BCUT2D eigenvalue weighted by atomic mass is 9.93. The summed E-state index contributed by atoms with van der Waals surface area (Å²) >= 11 is 5.76. The van der Waals surface area contributed by atoms with Crippen molar-refractivity contribution < 1.29 is 5.11 Å². The fourth-order valence-corrected chi connectivity index (χ4v) is 2.04. The molecule has 1 aliphatic rings. The van der Waals surface area contributed by atoms with Crippen molar-refractivity contribution in [2.24, 2.45) is 0 Å². The molecule has 1 saturated carbocycles. The van der Waals surface area contributed by atoms with Gasteiger partial charge in [-0.3, -0.25) is 4.68 Å². The van der Waals surface area contributed by atoms with Crippen LogP contribution in [0.5, 0.6) is 0 Å². The molecular weight excluding hydrogens is 188 g/mol. The van der Waals surface area contributed by atoms with Crippen LogP contribution in [0.2, 0.25) is 5.02 Å². The molecule has 0 aromatic carbocycles. The van der Waals surface area contributed by atoms with E-state index in [1.54, 1.807) is 17.1 Å². The lowest BCUT2D eigenvalue weighted by Crippen LogP contribution is -2.27. The lowest BCUT2D eigenvalue weighted by Gasteiger charge is -2.27. The van der Waals surface area contributed by atoms with E-state index in [1.807, 2.05) is 0 Å². The normalized spacial score (nSPS) is 29.1. The summed E-state index contributed by atoms with van der Waals surface area (Å²) in [7, 11) is 0. The van der Waals surface area contributed by atoms with Crippen LogP contribution in [0.25, 0.3) is 0 Å². The van der Waals surface area contributed by atoms with Gasteiger partial charge in [-0.25, -0.2) is 0 Å². The molecule has 2 atom stereocenters. The van der Waals surface area contributed by atoms with Crippen molar-refractivity contribution in [2.45, 2.75) is 37.8 Å². The standard InChI is InChI=1S/C9H13ClN2O/c10-7-5-11-12(6-7)8-3-1-2-4-9(8)13/h5-6,8-9,13H,1-4H2. The maximum absolute atomic E-state index is 9.73. The minimum atomic E-state index is -0.260. The molecular formula is C9H13ClN2O. The van der Waals surface area contributed by atoms with Crippen LogP contribution in [-0.4, -0.2) is 21.0 Å². The van der Waals surface area contributed by atoms with Crippen LogP contribution in [0.1, 0.15) is 31.7 Å². The molecule has 13 heavy (non-hydrogen) atoms. The molecule has 1 N–H and O–H groups in total. The van der Waals surface area contributed by atoms with Crippen LogP contribution in [0.15, 0.2) is 12.4 Å². The largest absolute Gasteiger partial charge is 0.391 e. The SMILES string of the molecule is OC1CCCCC1n1cc(Cl)cn1. The molecule has 2 unspecified atom stereocenters. The molecule has 1 aromatic rings. The second-order valence-corrected chi connectivity index (χ2v) is 3.99. The van der Waals surface area contributed by atoms with Crippen LogP contribution >= 0.6 is 11.6 Å². The van der Waals surface area contributed by atoms with Gasteiger partial charge in [0.1, 0.15) is 0 Å². The third kappa shape index (κ3) is 1.86. The van der Waals surface area contributed by atoms with Gasteiger partial charge in [0.05, 0.1) is 23.4 Å². The predicted molar refractivity (Wildman–Crippen MR) is 50.7 cm³/mol. The van der Waals surface area contributed by atoms with Gasteiger partial charge < -0.3 is 5.11 Å². The molecule has 0 amide bonds. The number of hydrogen-bond donors (Lipinski definition) is 1. The summed E-state index contributed by atoms with van der Waals surface area (Å²) in [5.74, 6) is 0. The Hall–Kier alpha value is -0.540. The molecule has 1 aromatic heterocycles. The first-order valence-corrected chi connectivity index (χ1v) is 5.03. The summed E-state index contributed by atoms with van der Waals surface area (Å²) in [4.78, 5) is 0. The molecule has 4 heteroatoms. The van der Waals surface area contributed by atoms with Crippen LogP contribution in [0.3, 0.4) is 0 Å². The number of rotatable bonds is 1. The molecule has 0 spiro atoms. The first kappa shape index (κ1) is 9.03. The van der Waals surface area contributed by atoms with E-state index in [0.717, 1.165) is 19.3 Å². The van der Waals surface area contributed by atoms with Crippen molar-refractivity contribution in [2.75, 3.05) is 0 Å². The Bertz CT molecular complexity index is 287. The van der Waals surface area contributed by atoms with E-state index in [9.17, 15) is 5.11 Å². The zero-order valence-corrected chi connectivity index (χ0v) is 8.11. The van der Waals surface area contributed by atoms with Gasteiger partial charge in [0.25, 0.3) is 0 Å². The highest BCUT2D eigenvalue weighted by atomic mass is 35.5. The summed E-state index contributed by atoms with van der Waals surface area (Å²) in [5.41, 5.74) is 0. The number of aliphatic hydroxyl groups is 1. The van der Waals surface area contributed by atoms with Gasteiger partial charge in [0.2, 0.25) is 0 Å². The minimum absolute atomic E-state index is 0.126. The Kier molecular flexibility index (Phi) is 2.56. The monoisotopic (exact) mass is 200 g/mol. The van der Waals surface area contributed by atoms with Crippen molar-refractivity contribution in [3.05, 3.63) is 17.4 Å². The quantitative estimate of drug-likeness (QED) is 0.753. The van der Waals surface area contributed by atoms with Crippen LogP contribution < -0.4 is 0 Å². The van der Waals surface area contributed by atoms with Gasteiger partial charge in [-0.15, -0.1) is 0 Å². The molecule has 0 radical (unpaired) electrons. The molecule has 0 aliphatic heterocycles. The fourth-order valence-electron chi connectivity index (χ4n) is 1.90. The molecule has 1 heterocycles. The second kappa shape index (κ2) is 3.68. The highest BCUT2D eigenvalue weighted by Crippen LogP contribution is 2.28. The van der Waals surface area contributed by atoms with Gasteiger partial charge in [-0.2, -0.15) is 5.10 Å². The Morgan fingerprint density at radius 2 is 2.23 bits per heavy atom. The molecule has 0 saturated heterocycles. The summed E-state index contributed by atoms with van der Waals surface area (Å²) in [6.07, 6.45) is 7.29. The number of aliphatic hydroxyl groups excluding tert-OH is 1. The molecule has 1 fully saturated rings.